The lowest BCUT2D eigenvalue weighted by Gasteiger charge is -2.25. The maximum absolute atomic E-state index is 3.40. The van der Waals surface area contributed by atoms with Crippen LogP contribution in [0.1, 0.15) is 18.7 Å². The average Bonchev–Trinajstić information content (AvgIpc) is 2.72. The predicted molar refractivity (Wildman–Crippen MR) is 68.3 cm³/mol. The average molecular weight is 242 g/mol. The van der Waals surface area contributed by atoms with Crippen molar-refractivity contribution in [2.75, 3.05) is 13.6 Å². The molecule has 0 radical (unpaired) electrons. The Morgan fingerprint density at radius 1 is 1.53 bits per heavy atom. The zero-order valence-corrected chi connectivity index (χ0v) is 11.1. The lowest BCUT2D eigenvalue weighted by molar-refractivity contribution is 0.338. The number of nitrogens with zero attached hydrogens (tertiary/aromatic N) is 1. The highest BCUT2D eigenvalue weighted by atomic mass is 32.2. The van der Waals surface area contributed by atoms with Crippen LogP contribution in [0.5, 0.6) is 0 Å². The van der Waals surface area contributed by atoms with Crippen molar-refractivity contribution in [1.29, 1.82) is 0 Å². The van der Waals surface area contributed by atoms with Gasteiger partial charge in [-0.25, -0.2) is 4.31 Å². The summed E-state index contributed by atoms with van der Waals surface area (Å²) in [6, 6.07) is 2.82. The zero-order valence-electron chi connectivity index (χ0n) is 9.49. The molecule has 1 aliphatic heterocycles. The highest BCUT2D eigenvalue weighted by molar-refractivity contribution is 7.97. The van der Waals surface area contributed by atoms with Crippen LogP contribution in [0.25, 0.3) is 0 Å². The third-order valence-corrected chi connectivity index (χ3v) is 4.98. The Morgan fingerprint density at radius 3 is 2.93 bits per heavy atom. The first-order chi connectivity index (χ1) is 7.20. The molecule has 1 unspecified atom stereocenters. The maximum Gasteiger partial charge on any atom is 0.0450 e. The minimum absolute atomic E-state index is 0.589. The van der Waals surface area contributed by atoms with E-state index >= 15 is 0 Å². The molecule has 1 aromatic heterocycles. The Hall–Kier alpha value is -0.0300. The molecule has 1 atom stereocenters. The summed E-state index contributed by atoms with van der Waals surface area (Å²) in [6.07, 6.45) is 0. The molecule has 0 spiro atoms. The molecule has 1 N–H and O–H groups in total. The molecule has 2 nitrogen and oxygen atoms in total. The van der Waals surface area contributed by atoms with Gasteiger partial charge in [0, 0.05) is 28.9 Å². The van der Waals surface area contributed by atoms with Gasteiger partial charge in [0.1, 0.15) is 0 Å². The van der Waals surface area contributed by atoms with Crippen molar-refractivity contribution in [3.05, 3.63) is 16.3 Å². The Balaban J connectivity index is 1.90. The molecule has 0 saturated heterocycles. The van der Waals surface area contributed by atoms with E-state index in [0.29, 0.717) is 12.0 Å². The van der Waals surface area contributed by atoms with Crippen LogP contribution in [0.4, 0.5) is 0 Å². The van der Waals surface area contributed by atoms with E-state index in [1.54, 1.807) is 0 Å². The van der Waals surface area contributed by atoms with Gasteiger partial charge in [0.25, 0.3) is 0 Å². The van der Waals surface area contributed by atoms with Crippen molar-refractivity contribution in [2.24, 2.45) is 5.92 Å². The number of hydrogen-bond acceptors (Lipinski definition) is 4. The number of nitrogens with one attached hydrogen (secondary N) is 1. The van der Waals surface area contributed by atoms with Crippen molar-refractivity contribution in [3.8, 4) is 0 Å². The molecule has 0 amide bonds. The molecule has 84 valence electrons. The molecule has 1 aromatic rings. The van der Waals surface area contributed by atoms with E-state index in [0.717, 1.165) is 13.1 Å². The summed E-state index contributed by atoms with van der Waals surface area (Å²) in [5, 5.41) is 5.58. The fraction of sp³-hybridized carbons (Fsp3) is 0.636. The van der Waals surface area contributed by atoms with E-state index in [4.69, 9.17) is 0 Å². The zero-order chi connectivity index (χ0) is 10.8. The molecule has 4 heteroatoms. The predicted octanol–water partition coefficient (Wildman–Crippen LogP) is 2.81. The maximum atomic E-state index is 3.40. The molecule has 0 aromatic carbocycles. The summed E-state index contributed by atoms with van der Waals surface area (Å²) in [6.45, 7) is 6.79. The van der Waals surface area contributed by atoms with Crippen LogP contribution < -0.4 is 5.32 Å². The van der Waals surface area contributed by atoms with Crippen LogP contribution in [0.15, 0.2) is 16.3 Å². The van der Waals surface area contributed by atoms with E-state index in [-0.39, 0.29) is 0 Å². The summed E-state index contributed by atoms with van der Waals surface area (Å²) < 4.78 is 2.46. The van der Waals surface area contributed by atoms with E-state index in [1.165, 1.54) is 9.77 Å². The quantitative estimate of drug-likeness (QED) is 0.817. The summed E-state index contributed by atoms with van der Waals surface area (Å²) in [7, 11) is 2.06. The first-order valence-electron chi connectivity index (χ1n) is 5.37. The molecular formula is C11H18N2S2. The third kappa shape index (κ3) is 2.56. The smallest absolute Gasteiger partial charge is 0.0450 e. The lowest BCUT2D eigenvalue weighted by atomic mass is 10.1. The molecule has 0 saturated carbocycles. The van der Waals surface area contributed by atoms with Crippen LogP contribution >= 0.6 is 23.3 Å². The monoisotopic (exact) mass is 242 g/mol. The fourth-order valence-electron chi connectivity index (χ4n) is 1.81. The first kappa shape index (κ1) is 11.5. The molecule has 0 fully saturated rings. The second-order valence-electron chi connectivity index (χ2n) is 4.26. The van der Waals surface area contributed by atoms with Crippen molar-refractivity contribution >= 4 is 23.3 Å². The number of thiophene rings is 1. The van der Waals surface area contributed by atoms with Gasteiger partial charge in [-0.1, -0.05) is 13.8 Å². The van der Waals surface area contributed by atoms with Gasteiger partial charge in [-0.05, 0) is 36.4 Å². The van der Waals surface area contributed by atoms with Crippen molar-refractivity contribution in [1.82, 2.24) is 9.62 Å². The van der Waals surface area contributed by atoms with E-state index in [1.807, 2.05) is 23.3 Å². The van der Waals surface area contributed by atoms with Crippen molar-refractivity contribution in [3.63, 3.8) is 0 Å². The lowest BCUT2D eigenvalue weighted by Crippen LogP contribution is -2.39. The topological polar surface area (TPSA) is 15.3 Å². The normalized spacial score (nSPS) is 18.4. The second kappa shape index (κ2) is 4.87. The first-order valence-corrected chi connectivity index (χ1v) is 7.02. The SMILES string of the molecule is CNC(CN1Cc2sccc2S1)C(C)C. The van der Waals surface area contributed by atoms with Crippen LogP contribution in [0.3, 0.4) is 0 Å². The Labute approximate surface area is 100 Å². The van der Waals surface area contributed by atoms with E-state index in [9.17, 15) is 0 Å². The summed E-state index contributed by atoms with van der Waals surface area (Å²) in [5.41, 5.74) is 0. The molecule has 1 aliphatic rings. The minimum Gasteiger partial charge on any atom is -0.315 e. The van der Waals surface area contributed by atoms with Gasteiger partial charge >= 0.3 is 0 Å². The van der Waals surface area contributed by atoms with Crippen molar-refractivity contribution in [2.45, 2.75) is 31.3 Å². The van der Waals surface area contributed by atoms with Crippen LogP contribution in [0.2, 0.25) is 0 Å². The minimum atomic E-state index is 0.589. The summed E-state index contributed by atoms with van der Waals surface area (Å²) in [5.74, 6) is 0.689. The van der Waals surface area contributed by atoms with Gasteiger partial charge in [0.2, 0.25) is 0 Å². The Kier molecular flexibility index (Phi) is 3.72. The Bertz CT molecular complexity index is 302. The van der Waals surface area contributed by atoms with E-state index < -0.39 is 0 Å². The molecule has 0 bridgehead atoms. The third-order valence-electron chi connectivity index (χ3n) is 2.83. The van der Waals surface area contributed by atoms with Crippen LogP contribution in [0, 0.1) is 5.92 Å². The molecule has 2 heterocycles. The Morgan fingerprint density at radius 2 is 2.33 bits per heavy atom. The van der Waals surface area contributed by atoms with Gasteiger partial charge in [-0.3, -0.25) is 0 Å². The highest BCUT2D eigenvalue weighted by Gasteiger charge is 2.24. The van der Waals surface area contributed by atoms with Crippen LogP contribution in [-0.4, -0.2) is 23.9 Å². The van der Waals surface area contributed by atoms with Gasteiger partial charge in [-0.2, -0.15) is 0 Å². The highest BCUT2D eigenvalue weighted by Crippen LogP contribution is 2.39. The molecule has 0 aliphatic carbocycles. The van der Waals surface area contributed by atoms with Gasteiger partial charge in [-0.15, -0.1) is 11.3 Å². The standard InChI is InChI=1S/C11H18N2S2/c1-8(2)9(12-3)6-13-7-11-10(15-13)4-5-14-11/h4-5,8-9,12H,6-7H2,1-3H3. The fourth-order valence-corrected chi connectivity index (χ4v) is 4.02. The van der Waals surface area contributed by atoms with Gasteiger partial charge in [0.15, 0.2) is 0 Å². The summed E-state index contributed by atoms with van der Waals surface area (Å²) >= 11 is 3.78. The molecular weight excluding hydrogens is 224 g/mol. The number of hydrogen-bond donors (Lipinski definition) is 1. The largest absolute Gasteiger partial charge is 0.315 e. The molecule has 2 rings (SSSR count). The van der Waals surface area contributed by atoms with E-state index in [2.05, 4.69) is 42.0 Å². The number of fused-ring (bicyclic) bond motifs is 1. The molecule has 15 heavy (non-hydrogen) atoms. The van der Waals surface area contributed by atoms with Gasteiger partial charge < -0.3 is 5.32 Å². The number of rotatable bonds is 4. The second-order valence-corrected chi connectivity index (χ2v) is 6.40. The summed E-state index contributed by atoms with van der Waals surface area (Å²) in [4.78, 5) is 2.98. The van der Waals surface area contributed by atoms with Crippen molar-refractivity contribution < 1.29 is 0 Å². The van der Waals surface area contributed by atoms with Gasteiger partial charge in [0.05, 0.1) is 0 Å². The van der Waals surface area contributed by atoms with Crippen LogP contribution in [-0.2, 0) is 6.54 Å². The number of likely N-dealkylation sites (N-methyl/N-ethyl adjacent to an activating group) is 1.